The molecular weight excluding hydrogens is 220 g/mol. The predicted octanol–water partition coefficient (Wildman–Crippen LogP) is 2.86. The number of ether oxygens (including phenoxy) is 1. The van der Waals surface area contributed by atoms with Crippen molar-refractivity contribution in [3.63, 3.8) is 0 Å². The SMILES string of the molecule is COc1cccc2c(SCC#N)ccnc12. The van der Waals surface area contributed by atoms with Crippen LogP contribution < -0.4 is 4.74 Å². The maximum absolute atomic E-state index is 8.59. The smallest absolute Gasteiger partial charge is 0.145 e. The molecule has 0 N–H and O–H groups in total. The molecule has 0 bridgehead atoms. The number of pyridine rings is 1. The third kappa shape index (κ3) is 1.95. The monoisotopic (exact) mass is 230 g/mol. The lowest BCUT2D eigenvalue weighted by atomic mass is 10.2. The van der Waals surface area contributed by atoms with Gasteiger partial charge in [-0.15, -0.1) is 11.8 Å². The molecule has 0 aliphatic carbocycles. The third-order valence-corrected chi connectivity index (χ3v) is 3.15. The average molecular weight is 230 g/mol. The Morgan fingerprint density at radius 1 is 1.44 bits per heavy atom. The van der Waals surface area contributed by atoms with Gasteiger partial charge in [-0.05, 0) is 12.1 Å². The Kier molecular flexibility index (Phi) is 3.28. The van der Waals surface area contributed by atoms with E-state index in [1.807, 2.05) is 24.3 Å². The quantitative estimate of drug-likeness (QED) is 0.761. The van der Waals surface area contributed by atoms with Crippen LogP contribution in [0.3, 0.4) is 0 Å². The second kappa shape index (κ2) is 4.86. The van der Waals surface area contributed by atoms with E-state index in [1.165, 1.54) is 11.8 Å². The highest BCUT2D eigenvalue weighted by Crippen LogP contribution is 2.30. The van der Waals surface area contributed by atoms with Crippen LogP contribution in [0.1, 0.15) is 0 Å². The van der Waals surface area contributed by atoms with Crippen molar-refractivity contribution in [3.8, 4) is 11.8 Å². The molecule has 1 aromatic heterocycles. The summed E-state index contributed by atoms with van der Waals surface area (Å²) in [4.78, 5) is 5.36. The largest absolute Gasteiger partial charge is 0.494 e. The highest BCUT2D eigenvalue weighted by atomic mass is 32.2. The molecule has 2 aromatic rings. The van der Waals surface area contributed by atoms with Crippen molar-refractivity contribution in [3.05, 3.63) is 30.5 Å². The summed E-state index contributed by atoms with van der Waals surface area (Å²) in [5.74, 6) is 1.20. The standard InChI is InChI=1S/C12H10N2OS/c1-15-10-4-2-3-9-11(16-8-6-13)5-7-14-12(9)10/h2-5,7H,8H2,1H3. The zero-order valence-electron chi connectivity index (χ0n) is 8.80. The average Bonchev–Trinajstić information content (AvgIpc) is 2.35. The van der Waals surface area contributed by atoms with Gasteiger partial charge in [-0.25, -0.2) is 0 Å². The van der Waals surface area contributed by atoms with Crippen molar-refractivity contribution < 1.29 is 4.74 Å². The van der Waals surface area contributed by atoms with Crippen LogP contribution in [0.5, 0.6) is 5.75 Å². The summed E-state index contributed by atoms with van der Waals surface area (Å²) in [7, 11) is 1.63. The van der Waals surface area contributed by atoms with E-state index in [0.29, 0.717) is 5.75 Å². The fraction of sp³-hybridized carbons (Fsp3) is 0.167. The molecule has 0 aliphatic heterocycles. The number of aromatic nitrogens is 1. The molecule has 0 aliphatic rings. The first-order chi connectivity index (χ1) is 7.86. The molecule has 16 heavy (non-hydrogen) atoms. The molecule has 0 amide bonds. The Labute approximate surface area is 98.1 Å². The minimum absolute atomic E-state index is 0.441. The van der Waals surface area contributed by atoms with Crippen molar-refractivity contribution in [2.75, 3.05) is 12.9 Å². The molecule has 1 heterocycles. The Bertz CT molecular complexity index is 548. The molecular formula is C12H10N2OS. The molecule has 0 unspecified atom stereocenters. The van der Waals surface area contributed by atoms with E-state index in [-0.39, 0.29) is 0 Å². The van der Waals surface area contributed by atoms with Crippen LogP contribution in [-0.2, 0) is 0 Å². The van der Waals surface area contributed by atoms with Crippen LogP contribution in [0.15, 0.2) is 35.4 Å². The van der Waals surface area contributed by atoms with Gasteiger partial charge in [-0.1, -0.05) is 12.1 Å². The maximum atomic E-state index is 8.59. The first kappa shape index (κ1) is 10.8. The van der Waals surface area contributed by atoms with Gasteiger partial charge in [0.15, 0.2) is 0 Å². The van der Waals surface area contributed by atoms with E-state index in [9.17, 15) is 0 Å². The molecule has 1 aromatic carbocycles. The molecule has 0 atom stereocenters. The van der Waals surface area contributed by atoms with Crippen molar-refractivity contribution >= 4 is 22.7 Å². The van der Waals surface area contributed by atoms with Crippen LogP contribution in [0.25, 0.3) is 10.9 Å². The molecule has 80 valence electrons. The van der Waals surface area contributed by atoms with Gasteiger partial charge in [-0.3, -0.25) is 4.98 Å². The topological polar surface area (TPSA) is 45.9 Å². The zero-order chi connectivity index (χ0) is 11.4. The van der Waals surface area contributed by atoms with Crippen LogP contribution in [-0.4, -0.2) is 17.8 Å². The van der Waals surface area contributed by atoms with E-state index in [4.69, 9.17) is 10.00 Å². The fourth-order valence-corrected chi connectivity index (χ4v) is 2.22. The molecule has 0 fully saturated rings. The third-order valence-electron chi connectivity index (χ3n) is 2.21. The maximum Gasteiger partial charge on any atom is 0.145 e. The normalized spacial score (nSPS) is 10.0. The van der Waals surface area contributed by atoms with Gasteiger partial charge < -0.3 is 4.74 Å². The van der Waals surface area contributed by atoms with Crippen molar-refractivity contribution in [2.24, 2.45) is 0 Å². The summed E-state index contributed by atoms with van der Waals surface area (Å²) in [6.45, 7) is 0. The number of rotatable bonds is 3. The van der Waals surface area contributed by atoms with Gasteiger partial charge in [0, 0.05) is 16.5 Å². The zero-order valence-corrected chi connectivity index (χ0v) is 9.62. The molecule has 0 saturated carbocycles. The minimum Gasteiger partial charge on any atom is -0.494 e. The lowest BCUT2D eigenvalue weighted by Gasteiger charge is -2.07. The van der Waals surface area contributed by atoms with E-state index < -0.39 is 0 Å². The van der Waals surface area contributed by atoms with E-state index in [2.05, 4.69) is 11.1 Å². The summed E-state index contributed by atoms with van der Waals surface area (Å²) in [6, 6.07) is 9.84. The lowest BCUT2D eigenvalue weighted by molar-refractivity contribution is 0.419. The van der Waals surface area contributed by atoms with Crippen LogP contribution in [0.2, 0.25) is 0 Å². The molecule has 0 spiro atoms. The number of nitrogens with zero attached hydrogens (tertiary/aromatic N) is 2. The van der Waals surface area contributed by atoms with Crippen LogP contribution in [0, 0.1) is 11.3 Å². The van der Waals surface area contributed by atoms with Gasteiger partial charge in [0.25, 0.3) is 0 Å². The van der Waals surface area contributed by atoms with E-state index in [1.54, 1.807) is 13.3 Å². The molecule has 2 rings (SSSR count). The number of hydrogen-bond acceptors (Lipinski definition) is 4. The second-order valence-corrected chi connectivity index (χ2v) is 4.13. The number of fused-ring (bicyclic) bond motifs is 1. The Balaban J connectivity index is 2.56. The number of methoxy groups -OCH3 is 1. The van der Waals surface area contributed by atoms with Crippen molar-refractivity contribution in [2.45, 2.75) is 4.90 Å². The first-order valence-electron chi connectivity index (χ1n) is 4.78. The molecule has 0 radical (unpaired) electrons. The fourth-order valence-electron chi connectivity index (χ4n) is 1.52. The van der Waals surface area contributed by atoms with Crippen molar-refractivity contribution in [1.82, 2.24) is 4.98 Å². The minimum atomic E-state index is 0.441. The summed E-state index contributed by atoms with van der Waals surface area (Å²) < 4.78 is 5.25. The Morgan fingerprint density at radius 3 is 3.06 bits per heavy atom. The number of hydrogen-bond donors (Lipinski definition) is 0. The first-order valence-corrected chi connectivity index (χ1v) is 5.77. The van der Waals surface area contributed by atoms with Gasteiger partial charge in [-0.2, -0.15) is 5.26 Å². The van der Waals surface area contributed by atoms with Gasteiger partial charge >= 0.3 is 0 Å². The molecule has 3 nitrogen and oxygen atoms in total. The molecule has 4 heteroatoms. The summed E-state index contributed by atoms with van der Waals surface area (Å²) in [5.41, 5.74) is 0.841. The second-order valence-electron chi connectivity index (χ2n) is 3.11. The Morgan fingerprint density at radius 2 is 2.31 bits per heavy atom. The summed E-state index contributed by atoms with van der Waals surface area (Å²) in [5, 5.41) is 9.62. The van der Waals surface area contributed by atoms with Crippen molar-refractivity contribution in [1.29, 1.82) is 5.26 Å². The number of nitriles is 1. The van der Waals surface area contributed by atoms with E-state index in [0.717, 1.165) is 21.5 Å². The van der Waals surface area contributed by atoms with Crippen LogP contribution in [0.4, 0.5) is 0 Å². The summed E-state index contributed by atoms with van der Waals surface area (Å²) >= 11 is 1.51. The predicted molar refractivity (Wildman–Crippen MR) is 64.6 cm³/mol. The Hall–Kier alpha value is -1.73. The summed E-state index contributed by atoms with van der Waals surface area (Å²) in [6.07, 6.45) is 1.74. The number of para-hydroxylation sites is 1. The van der Waals surface area contributed by atoms with Gasteiger partial charge in [0.05, 0.1) is 18.9 Å². The number of benzene rings is 1. The highest BCUT2D eigenvalue weighted by molar-refractivity contribution is 7.99. The van der Waals surface area contributed by atoms with Crippen LogP contribution >= 0.6 is 11.8 Å². The van der Waals surface area contributed by atoms with Gasteiger partial charge in [0.1, 0.15) is 11.3 Å². The van der Waals surface area contributed by atoms with Gasteiger partial charge in [0.2, 0.25) is 0 Å². The highest BCUT2D eigenvalue weighted by Gasteiger charge is 2.06. The lowest BCUT2D eigenvalue weighted by Crippen LogP contribution is -1.88. The van der Waals surface area contributed by atoms with E-state index >= 15 is 0 Å². The molecule has 0 saturated heterocycles. The number of thioether (sulfide) groups is 1.